The number of methoxy groups -OCH3 is 2. The molecule has 0 aliphatic rings. The zero-order valence-corrected chi connectivity index (χ0v) is 14.6. The average molecular weight is 419 g/mol. The fraction of sp³-hybridized carbons (Fsp3) is 0.400. The molecule has 6 nitrogen and oxygen atoms in total. The first-order valence-electron chi connectivity index (χ1n) is 6.64. The average Bonchev–Trinajstić information content (AvgIpc) is 2.51. The van der Waals surface area contributed by atoms with Gasteiger partial charge in [0.2, 0.25) is 5.91 Å². The van der Waals surface area contributed by atoms with Crippen LogP contribution in [0.15, 0.2) is 24.3 Å². The number of carbonyl (C=O) groups excluding carboxylic acids is 3. The van der Waals surface area contributed by atoms with Gasteiger partial charge in [-0.2, -0.15) is 0 Å². The number of carbonyl (C=O) groups is 3. The van der Waals surface area contributed by atoms with Crippen LogP contribution >= 0.6 is 22.6 Å². The minimum atomic E-state index is -0.784. The molecule has 0 aliphatic heterocycles. The van der Waals surface area contributed by atoms with Crippen LogP contribution in [-0.2, 0) is 30.3 Å². The van der Waals surface area contributed by atoms with Crippen molar-refractivity contribution in [2.45, 2.75) is 25.3 Å². The number of esters is 2. The minimum absolute atomic E-state index is 0.0283. The summed E-state index contributed by atoms with van der Waals surface area (Å²) in [5, 5.41) is 2.59. The summed E-state index contributed by atoms with van der Waals surface area (Å²) < 4.78 is 10.2. The molecular weight excluding hydrogens is 401 g/mol. The minimum Gasteiger partial charge on any atom is -0.469 e. The van der Waals surface area contributed by atoms with Gasteiger partial charge in [0.25, 0.3) is 0 Å². The van der Waals surface area contributed by atoms with E-state index < -0.39 is 23.9 Å². The van der Waals surface area contributed by atoms with E-state index in [0.29, 0.717) is 6.42 Å². The van der Waals surface area contributed by atoms with Gasteiger partial charge in [0.15, 0.2) is 0 Å². The highest BCUT2D eigenvalue weighted by Gasteiger charge is 2.22. The third kappa shape index (κ3) is 6.42. The van der Waals surface area contributed by atoms with Gasteiger partial charge in [0, 0.05) is 16.4 Å². The number of nitrogens with one attached hydrogen (secondary N) is 1. The molecule has 0 heterocycles. The van der Waals surface area contributed by atoms with E-state index in [0.717, 1.165) is 9.13 Å². The molecule has 22 heavy (non-hydrogen) atoms. The van der Waals surface area contributed by atoms with Crippen molar-refractivity contribution >= 4 is 40.4 Å². The van der Waals surface area contributed by atoms with E-state index in [-0.39, 0.29) is 12.8 Å². The van der Waals surface area contributed by atoms with Gasteiger partial charge in [-0.05, 0) is 40.3 Å². The number of hydrogen-bond donors (Lipinski definition) is 1. The SMILES string of the molecule is COC(=O)CCC(=O)N[C@H](Cc1cccc(I)c1)C(=O)OC. The largest absolute Gasteiger partial charge is 0.469 e. The zero-order chi connectivity index (χ0) is 16.5. The molecule has 0 fully saturated rings. The van der Waals surface area contributed by atoms with E-state index in [1.54, 1.807) is 0 Å². The second-order valence-electron chi connectivity index (χ2n) is 4.55. The molecule has 1 amide bonds. The summed E-state index contributed by atoms with van der Waals surface area (Å²) in [6.45, 7) is 0. The molecule has 1 atom stereocenters. The predicted octanol–water partition coefficient (Wildman–Crippen LogP) is 1.44. The fourth-order valence-corrected chi connectivity index (χ4v) is 2.43. The number of benzene rings is 1. The monoisotopic (exact) mass is 419 g/mol. The fourth-order valence-electron chi connectivity index (χ4n) is 1.82. The summed E-state index contributed by atoms with van der Waals surface area (Å²) in [6.07, 6.45) is 0.263. The van der Waals surface area contributed by atoms with Crippen molar-refractivity contribution in [1.82, 2.24) is 5.32 Å². The van der Waals surface area contributed by atoms with Crippen molar-refractivity contribution < 1.29 is 23.9 Å². The van der Waals surface area contributed by atoms with Gasteiger partial charge in [-0.25, -0.2) is 4.79 Å². The molecule has 0 saturated heterocycles. The topological polar surface area (TPSA) is 81.7 Å². The van der Waals surface area contributed by atoms with Gasteiger partial charge in [-0.1, -0.05) is 12.1 Å². The Balaban J connectivity index is 2.66. The number of amides is 1. The number of hydrogen-bond acceptors (Lipinski definition) is 5. The maximum atomic E-state index is 11.8. The highest BCUT2D eigenvalue weighted by molar-refractivity contribution is 14.1. The van der Waals surface area contributed by atoms with Crippen LogP contribution in [0.4, 0.5) is 0 Å². The van der Waals surface area contributed by atoms with Gasteiger partial charge < -0.3 is 14.8 Å². The lowest BCUT2D eigenvalue weighted by atomic mass is 10.1. The third-order valence-corrected chi connectivity index (χ3v) is 3.60. The number of rotatable bonds is 7. The molecule has 0 unspecified atom stereocenters. The first-order chi connectivity index (χ1) is 10.5. The molecule has 1 N–H and O–H groups in total. The highest BCUT2D eigenvalue weighted by Crippen LogP contribution is 2.10. The first-order valence-corrected chi connectivity index (χ1v) is 7.72. The summed E-state index contributed by atoms with van der Waals surface area (Å²) in [7, 11) is 2.53. The quantitative estimate of drug-likeness (QED) is 0.535. The van der Waals surface area contributed by atoms with Gasteiger partial charge in [-0.3, -0.25) is 9.59 Å². The molecule has 1 aromatic carbocycles. The lowest BCUT2D eigenvalue weighted by molar-refractivity contribution is -0.145. The number of ether oxygens (including phenoxy) is 2. The summed E-state index contributed by atoms with van der Waals surface area (Å²) in [5.74, 6) is -1.39. The highest BCUT2D eigenvalue weighted by atomic mass is 127. The first kappa shape index (κ1) is 18.4. The molecule has 0 spiro atoms. The second-order valence-corrected chi connectivity index (χ2v) is 5.80. The van der Waals surface area contributed by atoms with Crippen LogP contribution in [0, 0.1) is 3.57 Å². The molecular formula is C15H18INO5. The van der Waals surface area contributed by atoms with E-state index in [1.807, 2.05) is 24.3 Å². The van der Waals surface area contributed by atoms with E-state index in [2.05, 4.69) is 32.6 Å². The van der Waals surface area contributed by atoms with E-state index in [4.69, 9.17) is 4.74 Å². The Labute approximate surface area is 142 Å². The summed E-state index contributed by atoms with van der Waals surface area (Å²) in [4.78, 5) is 34.6. The van der Waals surface area contributed by atoms with Crippen molar-refractivity contribution in [3.05, 3.63) is 33.4 Å². The Morgan fingerprint density at radius 2 is 1.91 bits per heavy atom. The molecule has 1 aromatic rings. The standard InChI is InChI=1S/C15H18INO5/c1-21-14(19)7-6-13(18)17-12(15(20)22-2)9-10-4-3-5-11(16)8-10/h3-5,8,12H,6-7,9H2,1-2H3,(H,17,18)/t12-/m1/s1. The lowest BCUT2D eigenvalue weighted by Crippen LogP contribution is -2.43. The molecule has 1 rings (SSSR count). The summed E-state index contributed by atoms with van der Waals surface area (Å²) >= 11 is 2.17. The van der Waals surface area contributed by atoms with Crippen LogP contribution in [0.2, 0.25) is 0 Å². The van der Waals surface area contributed by atoms with Gasteiger partial charge in [0.05, 0.1) is 20.6 Å². The van der Waals surface area contributed by atoms with E-state index in [9.17, 15) is 14.4 Å². The summed E-state index contributed by atoms with van der Waals surface area (Å²) in [6, 6.07) is 6.83. The number of halogens is 1. The van der Waals surface area contributed by atoms with Gasteiger partial charge >= 0.3 is 11.9 Å². The van der Waals surface area contributed by atoms with Gasteiger partial charge in [-0.15, -0.1) is 0 Å². The van der Waals surface area contributed by atoms with Crippen LogP contribution in [0.25, 0.3) is 0 Å². The van der Waals surface area contributed by atoms with Crippen LogP contribution in [0.5, 0.6) is 0 Å². The maximum Gasteiger partial charge on any atom is 0.328 e. The normalized spacial score (nSPS) is 11.4. The van der Waals surface area contributed by atoms with E-state index >= 15 is 0 Å². The Kier molecular flexibility index (Phi) is 7.86. The van der Waals surface area contributed by atoms with Crippen molar-refractivity contribution in [3.63, 3.8) is 0 Å². The predicted molar refractivity (Wildman–Crippen MR) is 88.1 cm³/mol. The van der Waals surface area contributed by atoms with Crippen molar-refractivity contribution in [2.24, 2.45) is 0 Å². The zero-order valence-electron chi connectivity index (χ0n) is 12.4. The lowest BCUT2D eigenvalue weighted by Gasteiger charge is -2.16. The Morgan fingerprint density at radius 3 is 2.50 bits per heavy atom. The molecule has 0 saturated carbocycles. The van der Waals surface area contributed by atoms with Crippen molar-refractivity contribution in [3.8, 4) is 0 Å². The molecule has 120 valence electrons. The maximum absolute atomic E-state index is 11.8. The smallest absolute Gasteiger partial charge is 0.328 e. The van der Waals surface area contributed by atoms with Crippen LogP contribution in [-0.4, -0.2) is 38.1 Å². The molecule has 7 heteroatoms. The molecule has 0 aromatic heterocycles. The van der Waals surface area contributed by atoms with Gasteiger partial charge in [0.1, 0.15) is 6.04 Å². The van der Waals surface area contributed by atoms with Crippen molar-refractivity contribution in [1.29, 1.82) is 0 Å². The molecule has 0 bridgehead atoms. The Morgan fingerprint density at radius 1 is 1.18 bits per heavy atom. The van der Waals surface area contributed by atoms with Crippen LogP contribution < -0.4 is 5.32 Å². The Hall–Kier alpha value is -1.64. The third-order valence-electron chi connectivity index (χ3n) is 2.93. The molecule has 0 radical (unpaired) electrons. The second kappa shape index (κ2) is 9.39. The van der Waals surface area contributed by atoms with Crippen molar-refractivity contribution in [2.75, 3.05) is 14.2 Å². The molecule has 0 aliphatic carbocycles. The summed E-state index contributed by atoms with van der Waals surface area (Å²) in [5.41, 5.74) is 0.913. The van der Waals surface area contributed by atoms with Crippen LogP contribution in [0.3, 0.4) is 0 Å². The van der Waals surface area contributed by atoms with E-state index in [1.165, 1.54) is 14.2 Å². The van der Waals surface area contributed by atoms with Crippen LogP contribution in [0.1, 0.15) is 18.4 Å². The Bertz CT molecular complexity index is 546.